The number of amides is 1. The Hall–Kier alpha value is -1.56. The smallest absolute Gasteiger partial charge is 0.410 e. The van der Waals surface area contributed by atoms with Crippen molar-refractivity contribution in [1.29, 1.82) is 0 Å². The fourth-order valence-electron chi connectivity index (χ4n) is 3.70. The van der Waals surface area contributed by atoms with E-state index in [9.17, 15) is 4.79 Å². The lowest BCUT2D eigenvalue weighted by atomic mass is 9.68. The predicted molar refractivity (Wildman–Crippen MR) is 81.8 cm³/mol. The van der Waals surface area contributed by atoms with Gasteiger partial charge in [0, 0.05) is 43.1 Å². The van der Waals surface area contributed by atoms with Crippen molar-refractivity contribution in [3.05, 3.63) is 17.0 Å². The summed E-state index contributed by atoms with van der Waals surface area (Å²) in [4.78, 5) is 14.0. The van der Waals surface area contributed by atoms with Gasteiger partial charge in [-0.25, -0.2) is 4.79 Å². The highest BCUT2D eigenvalue weighted by molar-refractivity contribution is 5.69. The summed E-state index contributed by atoms with van der Waals surface area (Å²) in [6.07, 6.45) is -0.220. The number of rotatable bonds is 1. The number of hydrogen-bond acceptors (Lipinski definition) is 5. The predicted octanol–water partition coefficient (Wildman–Crippen LogP) is 2.22. The highest BCUT2D eigenvalue weighted by atomic mass is 16.6. The van der Waals surface area contributed by atoms with Gasteiger partial charge < -0.3 is 19.5 Å². The van der Waals surface area contributed by atoms with Crippen LogP contribution in [-0.2, 0) is 4.74 Å². The fourth-order valence-corrected chi connectivity index (χ4v) is 3.70. The van der Waals surface area contributed by atoms with Crippen molar-refractivity contribution >= 4 is 6.09 Å². The zero-order chi connectivity index (χ0) is 16.1. The molecule has 0 saturated carbocycles. The molecular formula is C16H25N3O3. The number of nitrogens with zero attached hydrogens (tertiary/aromatic N) is 2. The first-order valence-electron chi connectivity index (χ1n) is 7.83. The number of carbonyl (C=O) groups is 1. The summed E-state index contributed by atoms with van der Waals surface area (Å²) in [6, 6.07) is 0. The number of nitrogens with one attached hydrogen (secondary N) is 1. The number of aryl methyl sites for hydroxylation is 2. The second kappa shape index (κ2) is 4.98. The summed E-state index contributed by atoms with van der Waals surface area (Å²) in [7, 11) is 0. The first-order chi connectivity index (χ1) is 10.2. The van der Waals surface area contributed by atoms with Gasteiger partial charge in [0.1, 0.15) is 11.4 Å². The second-order valence-electron chi connectivity index (χ2n) is 7.62. The van der Waals surface area contributed by atoms with Crippen molar-refractivity contribution in [2.24, 2.45) is 5.41 Å². The van der Waals surface area contributed by atoms with Gasteiger partial charge in [-0.15, -0.1) is 0 Å². The van der Waals surface area contributed by atoms with Gasteiger partial charge in [0.15, 0.2) is 0 Å². The molecule has 1 aromatic heterocycles. The van der Waals surface area contributed by atoms with Crippen molar-refractivity contribution in [3.8, 4) is 0 Å². The highest BCUT2D eigenvalue weighted by Crippen LogP contribution is 2.48. The molecule has 6 heteroatoms. The molecule has 1 unspecified atom stereocenters. The van der Waals surface area contributed by atoms with E-state index < -0.39 is 5.60 Å². The minimum Gasteiger partial charge on any atom is -0.444 e. The Kier molecular flexibility index (Phi) is 3.47. The lowest BCUT2D eigenvalue weighted by Crippen LogP contribution is -2.62. The van der Waals surface area contributed by atoms with Gasteiger partial charge in [-0.2, -0.15) is 0 Å². The minimum atomic E-state index is -0.450. The maximum atomic E-state index is 12.2. The Balaban J connectivity index is 1.72. The molecule has 1 N–H and O–H groups in total. The van der Waals surface area contributed by atoms with Crippen LogP contribution in [0.1, 0.15) is 43.7 Å². The van der Waals surface area contributed by atoms with Gasteiger partial charge in [-0.3, -0.25) is 0 Å². The molecule has 0 aliphatic carbocycles. The van der Waals surface area contributed by atoms with Gasteiger partial charge in [0.05, 0.1) is 5.69 Å². The molecule has 6 nitrogen and oxygen atoms in total. The highest BCUT2D eigenvalue weighted by Gasteiger charge is 2.55. The first kappa shape index (κ1) is 15.3. The molecule has 0 bridgehead atoms. The molecule has 1 spiro atoms. The Morgan fingerprint density at radius 1 is 1.41 bits per heavy atom. The van der Waals surface area contributed by atoms with Crippen molar-refractivity contribution in [2.75, 3.05) is 26.2 Å². The molecule has 2 saturated heterocycles. The van der Waals surface area contributed by atoms with Crippen LogP contribution >= 0.6 is 0 Å². The fraction of sp³-hybridized carbons (Fsp3) is 0.750. The van der Waals surface area contributed by atoms with Crippen LogP contribution in [0.5, 0.6) is 0 Å². The van der Waals surface area contributed by atoms with E-state index in [1.165, 1.54) is 5.56 Å². The van der Waals surface area contributed by atoms with Crippen LogP contribution in [0.4, 0.5) is 4.79 Å². The van der Waals surface area contributed by atoms with Crippen LogP contribution in [0.2, 0.25) is 0 Å². The van der Waals surface area contributed by atoms with E-state index >= 15 is 0 Å². The average molecular weight is 307 g/mol. The maximum Gasteiger partial charge on any atom is 0.410 e. The Morgan fingerprint density at radius 2 is 2.09 bits per heavy atom. The molecule has 0 aromatic carbocycles. The van der Waals surface area contributed by atoms with E-state index in [1.807, 2.05) is 34.6 Å². The SMILES string of the molecule is Cc1noc(C)c1C1CNCC12CN(C(=O)OC(C)(C)C)C2. The zero-order valence-electron chi connectivity index (χ0n) is 14.0. The van der Waals surface area contributed by atoms with Gasteiger partial charge in [0.25, 0.3) is 0 Å². The van der Waals surface area contributed by atoms with E-state index in [2.05, 4.69) is 10.5 Å². The molecule has 1 aromatic rings. The maximum absolute atomic E-state index is 12.2. The standard InChI is InChI=1S/C16H25N3O3/c1-10-13(11(2)22-18-10)12-6-17-7-16(12)8-19(9-16)14(20)21-15(3,4)5/h12,17H,6-9H2,1-5H3. The van der Waals surface area contributed by atoms with Gasteiger partial charge in [-0.1, -0.05) is 5.16 Å². The zero-order valence-corrected chi connectivity index (χ0v) is 14.0. The van der Waals surface area contributed by atoms with Crippen molar-refractivity contribution in [3.63, 3.8) is 0 Å². The number of aromatic nitrogens is 1. The third kappa shape index (κ3) is 2.49. The van der Waals surface area contributed by atoms with Crippen molar-refractivity contribution < 1.29 is 14.1 Å². The lowest BCUT2D eigenvalue weighted by molar-refractivity contribution is -0.0329. The number of ether oxygens (including phenoxy) is 1. The topological polar surface area (TPSA) is 67.6 Å². The van der Waals surface area contributed by atoms with Gasteiger partial charge in [-0.05, 0) is 34.6 Å². The number of carbonyl (C=O) groups excluding carboxylic acids is 1. The monoisotopic (exact) mass is 307 g/mol. The van der Waals surface area contributed by atoms with Gasteiger partial charge >= 0.3 is 6.09 Å². The molecule has 2 fully saturated rings. The number of likely N-dealkylation sites (tertiary alicyclic amines) is 1. The minimum absolute atomic E-state index is 0.0813. The third-order valence-corrected chi connectivity index (χ3v) is 4.66. The first-order valence-corrected chi connectivity index (χ1v) is 7.83. The quantitative estimate of drug-likeness (QED) is 0.861. The summed E-state index contributed by atoms with van der Waals surface area (Å²) in [5, 5.41) is 7.55. The summed E-state index contributed by atoms with van der Waals surface area (Å²) >= 11 is 0. The molecule has 2 aliphatic rings. The molecule has 0 radical (unpaired) electrons. The Labute approximate surface area is 131 Å². The van der Waals surface area contributed by atoms with E-state index in [0.717, 1.165) is 37.6 Å². The molecule has 122 valence electrons. The number of hydrogen-bond donors (Lipinski definition) is 1. The van der Waals surface area contributed by atoms with Crippen LogP contribution < -0.4 is 5.32 Å². The summed E-state index contributed by atoms with van der Waals surface area (Å²) < 4.78 is 10.8. The third-order valence-electron chi connectivity index (χ3n) is 4.66. The molecule has 3 heterocycles. The normalized spacial score (nSPS) is 23.7. The second-order valence-corrected chi connectivity index (χ2v) is 7.62. The van der Waals surface area contributed by atoms with Crippen molar-refractivity contribution in [2.45, 2.75) is 46.1 Å². The Morgan fingerprint density at radius 3 is 2.64 bits per heavy atom. The largest absolute Gasteiger partial charge is 0.444 e. The lowest BCUT2D eigenvalue weighted by Gasteiger charge is -2.50. The molecule has 1 amide bonds. The Bertz CT molecular complexity index is 562. The van der Waals surface area contributed by atoms with Crippen LogP contribution in [0.15, 0.2) is 4.52 Å². The molecule has 3 rings (SSSR count). The van der Waals surface area contributed by atoms with E-state index in [1.54, 1.807) is 4.90 Å². The average Bonchev–Trinajstić information content (AvgIpc) is 2.89. The van der Waals surface area contributed by atoms with Crippen LogP contribution in [0.3, 0.4) is 0 Å². The van der Waals surface area contributed by atoms with Gasteiger partial charge in [0.2, 0.25) is 0 Å². The van der Waals surface area contributed by atoms with Crippen LogP contribution in [0, 0.1) is 19.3 Å². The molecular weight excluding hydrogens is 282 g/mol. The summed E-state index contributed by atoms with van der Waals surface area (Å²) in [6.45, 7) is 12.9. The molecule has 22 heavy (non-hydrogen) atoms. The van der Waals surface area contributed by atoms with Crippen molar-refractivity contribution in [1.82, 2.24) is 15.4 Å². The molecule has 2 aliphatic heterocycles. The summed E-state index contributed by atoms with van der Waals surface area (Å²) in [5.74, 6) is 1.23. The van der Waals surface area contributed by atoms with E-state index in [4.69, 9.17) is 9.26 Å². The van der Waals surface area contributed by atoms with Crippen LogP contribution in [-0.4, -0.2) is 47.9 Å². The summed E-state index contributed by atoms with van der Waals surface area (Å²) in [5.41, 5.74) is 1.79. The van der Waals surface area contributed by atoms with E-state index in [-0.39, 0.29) is 11.5 Å². The molecule has 1 atom stereocenters. The van der Waals surface area contributed by atoms with Crippen LogP contribution in [0.25, 0.3) is 0 Å². The van der Waals surface area contributed by atoms with E-state index in [0.29, 0.717) is 5.92 Å².